The maximum Gasteiger partial charge on any atom is 0.149 e. The predicted molar refractivity (Wildman–Crippen MR) is 62.3 cm³/mol. The third kappa shape index (κ3) is 2.54. The van der Waals surface area contributed by atoms with Crippen LogP contribution in [-0.4, -0.2) is 27.0 Å². The van der Waals surface area contributed by atoms with E-state index in [1.807, 2.05) is 18.2 Å². The van der Waals surface area contributed by atoms with Crippen molar-refractivity contribution in [2.45, 2.75) is 12.5 Å². The van der Waals surface area contributed by atoms with Crippen LogP contribution in [0.4, 0.5) is 0 Å². The number of nitrogens with two attached hydrogens (primary N) is 1. The molecule has 0 aliphatic carbocycles. The monoisotopic (exact) mass is 241 g/mol. The number of ether oxygens (including phenoxy) is 1. The molecule has 0 amide bonds. The normalized spacial score (nSPS) is 16.6. The van der Waals surface area contributed by atoms with Crippen LogP contribution in [0.2, 0.25) is 0 Å². The van der Waals surface area contributed by atoms with Crippen LogP contribution < -0.4 is 10.5 Å². The molecule has 1 aromatic carbocycles. The van der Waals surface area contributed by atoms with Gasteiger partial charge in [-0.15, -0.1) is 0 Å². The van der Waals surface area contributed by atoms with Crippen LogP contribution in [-0.2, 0) is 16.3 Å². The first-order valence-corrected chi connectivity index (χ1v) is 7.21. The average molecular weight is 241 g/mol. The van der Waals surface area contributed by atoms with E-state index in [1.165, 1.54) is 6.26 Å². The molecule has 1 heterocycles. The van der Waals surface area contributed by atoms with E-state index in [0.29, 0.717) is 6.61 Å². The van der Waals surface area contributed by atoms with Crippen molar-refractivity contribution in [1.82, 2.24) is 0 Å². The van der Waals surface area contributed by atoms with Crippen molar-refractivity contribution in [3.05, 3.63) is 29.3 Å². The lowest BCUT2D eigenvalue weighted by molar-refractivity contribution is 0.357. The number of fused-ring (bicyclic) bond motifs is 1. The fourth-order valence-electron chi connectivity index (χ4n) is 1.86. The largest absolute Gasteiger partial charge is 0.493 e. The molecule has 0 fully saturated rings. The number of hydrogen-bond acceptors (Lipinski definition) is 4. The molecular formula is C11H15NO3S. The molecule has 1 aliphatic rings. The molecule has 1 atom stereocenters. The summed E-state index contributed by atoms with van der Waals surface area (Å²) in [7, 11) is -3.04. The molecule has 1 aromatic rings. The molecule has 0 radical (unpaired) electrons. The molecule has 1 unspecified atom stereocenters. The van der Waals surface area contributed by atoms with Crippen molar-refractivity contribution < 1.29 is 13.2 Å². The quantitative estimate of drug-likeness (QED) is 0.844. The summed E-state index contributed by atoms with van der Waals surface area (Å²) in [6.45, 7) is 0.695. The zero-order chi connectivity index (χ0) is 11.8. The second-order valence-electron chi connectivity index (χ2n) is 4.16. The Hall–Kier alpha value is -1.07. The highest BCUT2D eigenvalue weighted by molar-refractivity contribution is 7.90. The fourth-order valence-corrected chi connectivity index (χ4v) is 2.70. The van der Waals surface area contributed by atoms with Crippen LogP contribution >= 0.6 is 0 Å². The van der Waals surface area contributed by atoms with E-state index in [1.54, 1.807) is 0 Å². The van der Waals surface area contributed by atoms with Crippen LogP contribution in [0.25, 0.3) is 0 Å². The predicted octanol–water partition coefficient (Wildman–Crippen LogP) is 0.666. The van der Waals surface area contributed by atoms with E-state index in [0.717, 1.165) is 23.3 Å². The lowest BCUT2D eigenvalue weighted by Gasteiger charge is -2.11. The smallest absolute Gasteiger partial charge is 0.149 e. The Bertz CT molecular complexity index is 496. The molecule has 5 heteroatoms. The SMILES string of the molecule is CS(=O)(=O)CC(N)c1ccc2c(c1)CCO2. The van der Waals surface area contributed by atoms with Crippen molar-refractivity contribution in [3.63, 3.8) is 0 Å². The molecule has 16 heavy (non-hydrogen) atoms. The number of hydrogen-bond donors (Lipinski definition) is 1. The second kappa shape index (κ2) is 4.07. The molecular weight excluding hydrogens is 226 g/mol. The van der Waals surface area contributed by atoms with Crippen LogP contribution in [0.15, 0.2) is 18.2 Å². The molecule has 0 saturated carbocycles. The summed E-state index contributed by atoms with van der Waals surface area (Å²) in [5, 5.41) is 0. The Labute approximate surface area is 95.3 Å². The van der Waals surface area contributed by atoms with Crippen LogP contribution in [0, 0.1) is 0 Å². The van der Waals surface area contributed by atoms with Gasteiger partial charge in [0.2, 0.25) is 0 Å². The van der Waals surface area contributed by atoms with Gasteiger partial charge in [0.15, 0.2) is 0 Å². The number of rotatable bonds is 3. The summed E-state index contributed by atoms with van der Waals surface area (Å²) >= 11 is 0. The van der Waals surface area contributed by atoms with Gasteiger partial charge in [-0.05, 0) is 17.2 Å². The van der Waals surface area contributed by atoms with Gasteiger partial charge in [0.05, 0.1) is 12.4 Å². The van der Waals surface area contributed by atoms with Gasteiger partial charge in [-0.1, -0.05) is 12.1 Å². The molecule has 0 bridgehead atoms. The van der Waals surface area contributed by atoms with Crippen molar-refractivity contribution in [2.75, 3.05) is 18.6 Å². The summed E-state index contributed by atoms with van der Waals surface area (Å²) < 4.78 is 27.7. The molecule has 0 saturated heterocycles. The van der Waals surface area contributed by atoms with Gasteiger partial charge < -0.3 is 10.5 Å². The first kappa shape index (κ1) is 11.4. The zero-order valence-corrected chi connectivity index (χ0v) is 9.96. The summed E-state index contributed by atoms with van der Waals surface area (Å²) in [4.78, 5) is 0. The Morgan fingerprint density at radius 3 is 2.94 bits per heavy atom. The van der Waals surface area contributed by atoms with Gasteiger partial charge in [-0.2, -0.15) is 0 Å². The van der Waals surface area contributed by atoms with Crippen LogP contribution in [0.1, 0.15) is 17.2 Å². The molecule has 2 rings (SSSR count). The summed E-state index contributed by atoms with van der Waals surface area (Å²) in [5.74, 6) is 0.863. The Kier molecular flexibility index (Phi) is 2.90. The summed E-state index contributed by atoms with van der Waals surface area (Å²) in [6, 6.07) is 5.18. The van der Waals surface area contributed by atoms with E-state index >= 15 is 0 Å². The minimum absolute atomic E-state index is 0.0212. The molecule has 2 N–H and O–H groups in total. The van der Waals surface area contributed by atoms with Gasteiger partial charge in [0.1, 0.15) is 15.6 Å². The highest BCUT2D eigenvalue weighted by Crippen LogP contribution is 2.27. The maximum atomic E-state index is 11.1. The minimum Gasteiger partial charge on any atom is -0.493 e. The van der Waals surface area contributed by atoms with Crippen LogP contribution in [0.5, 0.6) is 5.75 Å². The van der Waals surface area contributed by atoms with E-state index in [4.69, 9.17) is 10.5 Å². The van der Waals surface area contributed by atoms with E-state index < -0.39 is 15.9 Å². The Morgan fingerprint density at radius 1 is 1.50 bits per heavy atom. The van der Waals surface area contributed by atoms with Crippen molar-refractivity contribution in [3.8, 4) is 5.75 Å². The van der Waals surface area contributed by atoms with Gasteiger partial charge in [-0.25, -0.2) is 8.42 Å². The lowest BCUT2D eigenvalue weighted by Crippen LogP contribution is -2.20. The van der Waals surface area contributed by atoms with Gasteiger partial charge in [0.25, 0.3) is 0 Å². The highest BCUT2D eigenvalue weighted by atomic mass is 32.2. The van der Waals surface area contributed by atoms with E-state index in [9.17, 15) is 8.42 Å². The lowest BCUT2D eigenvalue weighted by atomic mass is 10.0. The molecule has 0 spiro atoms. The molecule has 1 aliphatic heterocycles. The summed E-state index contributed by atoms with van der Waals surface area (Å²) in [6.07, 6.45) is 2.07. The average Bonchev–Trinajstić information content (AvgIpc) is 2.61. The van der Waals surface area contributed by atoms with Gasteiger partial charge in [-0.3, -0.25) is 0 Å². The van der Waals surface area contributed by atoms with Crippen molar-refractivity contribution in [1.29, 1.82) is 0 Å². The van der Waals surface area contributed by atoms with Crippen LogP contribution in [0.3, 0.4) is 0 Å². The highest BCUT2D eigenvalue weighted by Gasteiger charge is 2.17. The maximum absolute atomic E-state index is 11.1. The summed E-state index contributed by atoms with van der Waals surface area (Å²) in [5.41, 5.74) is 7.82. The van der Waals surface area contributed by atoms with Gasteiger partial charge >= 0.3 is 0 Å². The Morgan fingerprint density at radius 2 is 2.25 bits per heavy atom. The zero-order valence-electron chi connectivity index (χ0n) is 9.14. The molecule has 4 nitrogen and oxygen atoms in total. The van der Waals surface area contributed by atoms with Gasteiger partial charge in [0, 0.05) is 18.7 Å². The van der Waals surface area contributed by atoms with E-state index in [-0.39, 0.29) is 5.75 Å². The first-order valence-electron chi connectivity index (χ1n) is 5.14. The minimum atomic E-state index is -3.04. The standard InChI is InChI=1S/C11H15NO3S/c1-16(13,14)7-10(12)8-2-3-11-9(6-8)4-5-15-11/h2-3,6,10H,4-5,7,12H2,1H3. The van der Waals surface area contributed by atoms with Crippen molar-refractivity contribution in [2.24, 2.45) is 5.73 Å². The fraction of sp³-hybridized carbons (Fsp3) is 0.455. The molecule has 88 valence electrons. The third-order valence-corrected chi connectivity index (χ3v) is 3.59. The van der Waals surface area contributed by atoms with E-state index in [2.05, 4.69) is 0 Å². The second-order valence-corrected chi connectivity index (χ2v) is 6.35. The third-order valence-electron chi connectivity index (χ3n) is 2.62. The topological polar surface area (TPSA) is 69.4 Å². The first-order chi connectivity index (χ1) is 7.46. The molecule has 0 aromatic heterocycles. The van der Waals surface area contributed by atoms with Crippen molar-refractivity contribution >= 4 is 9.84 Å². The number of sulfone groups is 1. The number of benzene rings is 1. The Balaban J connectivity index is 2.21.